The first-order valence-corrected chi connectivity index (χ1v) is 7.10. The Morgan fingerprint density at radius 3 is 2.33 bits per heavy atom. The van der Waals surface area contributed by atoms with Crippen molar-refractivity contribution in [2.45, 2.75) is 13.8 Å². The molecule has 0 unspecified atom stereocenters. The van der Waals surface area contributed by atoms with Gasteiger partial charge in [0.25, 0.3) is 0 Å². The lowest BCUT2D eigenvalue weighted by Gasteiger charge is -2.21. The van der Waals surface area contributed by atoms with Gasteiger partial charge in [-0.3, -0.25) is 9.97 Å². The lowest BCUT2D eigenvalue weighted by Crippen LogP contribution is -2.23. The molecule has 0 aromatic carbocycles. The SMILES string of the molecule is CCN(CC)c1nc(-c2ccncc2)nc2cnccc12. The molecule has 3 rings (SSSR count). The van der Waals surface area contributed by atoms with E-state index in [0.29, 0.717) is 5.82 Å². The average Bonchev–Trinajstić information content (AvgIpc) is 2.56. The molecule has 0 atom stereocenters. The summed E-state index contributed by atoms with van der Waals surface area (Å²) in [7, 11) is 0. The van der Waals surface area contributed by atoms with Crippen LogP contribution in [0.15, 0.2) is 43.0 Å². The van der Waals surface area contributed by atoms with Gasteiger partial charge in [0.2, 0.25) is 0 Å². The second-order valence-electron chi connectivity index (χ2n) is 4.67. The fourth-order valence-corrected chi connectivity index (χ4v) is 2.36. The molecule has 0 radical (unpaired) electrons. The number of hydrogen-bond acceptors (Lipinski definition) is 5. The van der Waals surface area contributed by atoms with Crippen LogP contribution in [-0.4, -0.2) is 33.0 Å². The first-order valence-electron chi connectivity index (χ1n) is 7.10. The van der Waals surface area contributed by atoms with E-state index in [1.807, 2.05) is 18.2 Å². The van der Waals surface area contributed by atoms with Gasteiger partial charge in [-0.2, -0.15) is 0 Å². The summed E-state index contributed by atoms with van der Waals surface area (Å²) in [6.07, 6.45) is 7.08. The van der Waals surface area contributed by atoms with Crippen LogP contribution < -0.4 is 4.90 Å². The van der Waals surface area contributed by atoms with Crippen molar-refractivity contribution in [3.05, 3.63) is 43.0 Å². The minimum Gasteiger partial charge on any atom is -0.357 e. The van der Waals surface area contributed by atoms with E-state index in [4.69, 9.17) is 4.98 Å². The summed E-state index contributed by atoms with van der Waals surface area (Å²) in [5.41, 5.74) is 1.82. The maximum Gasteiger partial charge on any atom is 0.162 e. The van der Waals surface area contributed by atoms with Crippen LogP contribution in [0.2, 0.25) is 0 Å². The molecule has 3 aromatic heterocycles. The molecule has 5 nitrogen and oxygen atoms in total. The smallest absolute Gasteiger partial charge is 0.162 e. The van der Waals surface area contributed by atoms with Crippen LogP contribution in [0.4, 0.5) is 5.82 Å². The summed E-state index contributed by atoms with van der Waals surface area (Å²) < 4.78 is 0. The molecular formula is C16H17N5. The molecule has 5 heteroatoms. The minimum atomic E-state index is 0.708. The Balaban J connectivity index is 2.24. The molecule has 3 aromatic rings. The third-order valence-corrected chi connectivity index (χ3v) is 3.48. The largest absolute Gasteiger partial charge is 0.357 e. The van der Waals surface area contributed by atoms with Gasteiger partial charge < -0.3 is 4.90 Å². The first kappa shape index (κ1) is 13.4. The number of fused-ring (bicyclic) bond motifs is 1. The Hall–Kier alpha value is -2.56. The number of rotatable bonds is 4. The normalized spacial score (nSPS) is 10.8. The lowest BCUT2D eigenvalue weighted by molar-refractivity contribution is 0.849. The monoisotopic (exact) mass is 279 g/mol. The molecule has 0 fully saturated rings. The van der Waals surface area contributed by atoms with Crippen molar-refractivity contribution in [1.29, 1.82) is 0 Å². The van der Waals surface area contributed by atoms with Crippen LogP contribution in [0, 0.1) is 0 Å². The molecule has 0 saturated carbocycles. The van der Waals surface area contributed by atoms with Gasteiger partial charge >= 0.3 is 0 Å². The first-order chi connectivity index (χ1) is 10.3. The molecule has 21 heavy (non-hydrogen) atoms. The fraction of sp³-hybridized carbons (Fsp3) is 0.250. The highest BCUT2D eigenvalue weighted by Gasteiger charge is 2.13. The highest BCUT2D eigenvalue weighted by atomic mass is 15.2. The van der Waals surface area contributed by atoms with E-state index >= 15 is 0 Å². The third kappa shape index (κ3) is 2.54. The zero-order chi connectivity index (χ0) is 14.7. The molecule has 0 spiro atoms. The Bertz CT molecular complexity index is 738. The van der Waals surface area contributed by atoms with Crippen molar-refractivity contribution in [2.75, 3.05) is 18.0 Å². The molecule has 0 aliphatic carbocycles. The second-order valence-corrected chi connectivity index (χ2v) is 4.67. The van der Waals surface area contributed by atoms with E-state index in [-0.39, 0.29) is 0 Å². The quantitative estimate of drug-likeness (QED) is 0.735. The predicted octanol–water partition coefficient (Wildman–Crippen LogP) is 2.93. The van der Waals surface area contributed by atoms with Crippen molar-refractivity contribution in [2.24, 2.45) is 0 Å². The number of pyridine rings is 2. The van der Waals surface area contributed by atoms with E-state index in [1.165, 1.54) is 0 Å². The minimum absolute atomic E-state index is 0.708. The fourth-order valence-electron chi connectivity index (χ4n) is 2.36. The van der Waals surface area contributed by atoms with E-state index in [1.54, 1.807) is 24.8 Å². The number of hydrogen-bond donors (Lipinski definition) is 0. The maximum atomic E-state index is 4.77. The zero-order valence-corrected chi connectivity index (χ0v) is 12.2. The van der Waals surface area contributed by atoms with Gasteiger partial charge in [0.05, 0.1) is 11.7 Å². The van der Waals surface area contributed by atoms with Crippen molar-refractivity contribution in [3.63, 3.8) is 0 Å². The highest BCUT2D eigenvalue weighted by Crippen LogP contribution is 2.26. The number of aromatic nitrogens is 4. The van der Waals surface area contributed by atoms with Crippen LogP contribution in [0.5, 0.6) is 0 Å². The average molecular weight is 279 g/mol. The van der Waals surface area contributed by atoms with Crippen LogP contribution >= 0.6 is 0 Å². The van der Waals surface area contributed by atoms with Crippen LogP contribution in [-0.2, 0) is 0 Å². The number of anilines is 1. The molecule has 0 amide bonds. The molecular weight excluding hydrogens is 262 g/mol. The van der Waals surface area contributed by atoms with Gasteiger partial charge in [-0.1, -0.05) is 0 Å². The van der Waals surface area contributed by atoms with Gasteiger partial charge in [-0.25, -0.2) is 9.97 Å². The van der Waals surface area contributed by atoms with Crippen LogP contribution in [0.1, 0.15) is 13.8 Å². The molecule has 3 heterocycles. The van der Waals surface area contributed by atoms with E-state index in [0.717, 1.165) is 35.4 Å². The lowest BCUT2D eigenvalue weighted by atomic mass is 10.2. The Kier molecular flexibility index (Phi) is 3.73. The van der Waals surface area contributed by atoms with Gasteiger partial charge in [-0.15, -0.1) is 0 Å². The summed E-state index contributed by atoms with van der Waals surface area (Å²) in [6.45, 7) is 6.07. The standard InChI is InChI=1S/C16H17N5/c1-3-21(4-2)16-13-7-10-18-11-14(13)19-15(20-16)12-5-8-17-9-6-12/h5-11H,3-4H2,1-2H3. The van der Waals surface area contributed by atoms with Crippen molar-refractivity contribution < 1.29 is 0 Å². The Labute approximate surface area is 123 Å². The number of nitrogens with zero attached hydrogens (tertiary/aromatic N) is 5. The van der Waals surface area contributed by atoms with Crippen molar-refractivity contribution >= 4 is 16.7 Å². The van der Waals surface area contributed by atoms with Gasteiger partial charge in [-0.05, 0) is 32.0 Å². The Morgan fingerprint density at radius 1 is 0.905 bits per heavy atom. The van der Waals surface area contributed by atoms with E-state index < -0.39 is 0 Å². The molecule has 106 valence electrons. The summed E-state index contributed by atoms with van der Waals surface area (Å²) in [5, 5.41) is 1.03. The summed E-state index contributed by atoms with van der Waals surface area (Å²) >= 11 is 0. The van der Waals surface area contributed by atoms with Gasteiger partial charge in [0.1, 0.15) is 5.82 Å². The Morgan fingerprint density at radius 2 is 1.62 bits per heavy atom. The zero-order valence-electron chi connectivity index (χ0n) is 12.2. The summed E-state index contributed by atoms with van der Waals surface area (Å²) in [6, 6.07) is 5.81. The van der Waals surface area contributed by atoms with Crippen LogP contribution in [0.3, 0.4) is 0 Å². The maximum absolute atomic E-state index is 4.77. The van der Waals surface area contributed by atoms with Gasteiger partial charge in [0.15, 0.2) is 5.82 Å². The van der Waals surface area contributed by atoms with Crippen LogP contribution in [0.25, 0.3) is 22.3 Å². The molecule has 0 aliphatic rings. The molecule has 0 bridgehead atoms. The molecule has 0 N–H and O–H groups in total. The summed E-state index contributed by atoms with van der Waals surface area (Å²) in [5.74, 6) is 1.67. The molecule has 0 saturated heterocycles. The highest BCUT2D eigenvalue weighted by molar-refractivity contribution is 5.90. The van der Waals surface area contributed by atoms with E-state index in [9.17, 15) is 0 Å². The van der Waals surface area contributed by atoms with E-state index in [2.05, 4.69) is 33.7 Å². The molecule has 0 aliphatic heterocycles. The topological polar surface area (TPSA) is 54.8 Å². The second kappa shape index (κ2) is 5.83. The van der Waals surface area contributed by atoms with Gasteiger partial charge in [0, 0.05) is 42.6 Å². The predicted molar refractivity (Wildman–Crippen MR) is 84.1 cm³/mol. The summed E-state index contributed by atoms with van der Waals surface area (Å²) in [4.78, 5) is 19.9. The third-order valence-electron chi connectivity index (χ3n) is 3.48. The van der Waals surface area contributed by atoms with Crippen molar-refractivity contribution in [3.8, 4) is 11.4 Å². The van der Waals surface area contributed by atoms with Crippen molar-refractivity contribution in [1.82, 2.24) is 19.9 Å².